The fraction of sp³-hybridized carbons (Fsp3) is 0.318. The van der Waals surface area contributed by atoms with E-state index in [0.717, 1.165) is 40.3 Å². The molecule has 1 aliphatic rings. The number of aromatic nitrogens is 5. The first kappa shape index (κ1) is 19.2. The van der Waals surface area contributed by atoms with Gasteiger partial charge < -0.3 is 20.4 Å². The summed E-state index contributed by atoms with van der Waals surface area (Å²) in [6, 6.07) is 8.14. The third-order valence-electron chi connectivity index (χ3n) is 5.72. The van der Waals surface area contributed by atoms with Crippen LogP contribution in [0.3, 0.4) is 0 Å². The summed E-state index contributed by atoms with van der Waals surface area (Å²) in [5.41, 5.74) is 3.32. The molecule has 9 heteroatoms. The first-order valence-corrected chi connectivity index (χ1v) is 10.1. The molecule has 0 unspecified atom stereocenters. The van der Waals surface area contributed by atoms with Crippen LogP contribution < -0.4 is 15.4 Å². The monoisotopic (exact) mass is 417 g/mol. The van der Waals surface area contributed by atoms with Gasteiger partial charge in [0.2, 0.25) is 17.7 Å². The number of carbonyl (C=O) groups is 1. The summed E-state index contributed by atoms with van der Waals surface area (Å²) < 4.78 is 5.61. The maximum atomic E-state index is 11.4. The second-order valence-corrected chi connectivity index (χ2v) is 8.28. The van der Waals surface area contributed by atoms with E-state index in [2.05, 4.69) is 41.8 Å². The molecule has 0 radical (unpaired) electrons. The Balaban J connectivity index is 1.45. The standard InChI is InChI=1S/C22H23N7O2/c1-12(30)28-22(2)9-15(10-22)25-21-26-19-18(20(27-21)31-3)16(11-23-19)13-4-5-17-14(8-13)6-7-24-29-17/h4-8,11,15H,9-10H2,1-3H3,(H,28,30)(H2,23,25,26,27)/t15-,22-. The molecular weight excluding hydrogens is 394 g/mol. The number of anilines is 1. The molecule has 0 spiro atoms. The van der Waals surface area contributed by atoms with Crippen molar-refractivity contribution in [1.82, 2.24) is 30.5 Å². The van der Waals surface area contributed by atoms with Crippen LogP contribution in [0.4, 0.5) is 5.95 Å². The molecule has 3 N–H and O–H groups in total. The van der Waals surface area contributed by atoms with Crippen molar-refractivity contribution in [3.63, 3.8) is 0 Å². The lowest BCUT2D eigenvalue weighted by Crippen LogP contribution is -2.59. The van der Waals surface area contributed by atoms with Gasteiger partial charge in [0.1, 0.15) is 5.65 Å². The number of rotatable bonds is 5. The van der Waals surface area contributed by atoms with Gasteiger partial charge >= 0.3 is 0 Å². The second kappa shape index (κ2) is 7.19. The van der Waals surface area contributed by atoms with Gasteiger partial charge in [0, 0.05) is 35.7 Å². The largest absolute Gasteiger partial charge is 0.480 e. The van der Waals surface area contributed by atoms with Crippen LogP contribution in [0, 0.1) is 0 Å². The Bertz CT molecular complexity index is 1290. The summed E-state index contributed by atoms with van der Waals surface area (Å²) in [6.45, 7) is 3.59. The van der Waals surface area contributed by atoms with Crippen LogP contribution >= 0.6 is 0 Å². The predicted molar refractivity (Wildman–Crippen MR) is 118 cm³/mol. The van der Waals surface area contributed by atoms with E-state index in [1.54, 1.807) is 20.2 Å². The Kier molecular flexibility index (Phi) is 4.46. The van der Waals surface area contributed by atoms with Crippen LogP contribution in [0.2, 0.25) is 0 Å². The van der Waals surface area contributed by atoms with E-state index in [1.165, 1.54) is 0 Å². The SMILES string of the molecule is COc1nc(N[C@H]2C[C@](C)(NC(C)=O)C2)nc2[nH]cc(-c3ccc4nnccc4c3)c12. The van der Waals surface area contributed by atoms with Gasteiger partial charge in [-0.15, -0.1) is 0 Å². The highest BCUT2D eigenvalue weighted by atomic mass is 16.5. The number of H-pyrrole nitrogens is 1. The average molecular weight is 417 g/mol. The van der Waals surface area contributed by atoms with Crippen molar-refractivity contribution >= 4 is 33.8 Å². The minimum atomic E-state index is -0.183. The predicted octanol–water partition coefficient (Wildman–Crippen LogP) is 3.05. The van der Waals surface area contributed by atoms with Gasteiger partial charge in [0.15, 0.2) is 0 Å². The van der Waals surface area contributed by atoms with Gasteiger partial charge in [-0.2, -0.15) is 20.2 Å². The zero-order valence-corrected chi connectivity index (χ0v) is 17.6. The van der Waals surface area contributed by atoms with Crippen LogP contribution in [0.1, 0.15) is 26.7 Å². The van der Waals surface area contributed by atoms with Gasteiger partial charge in [-0.05, 0) is 43.5 Å². The lowest BCUT2D eigenvalue weighted by molar-refractivity contribution is -0.121. The zero-order chi connectivity index (χ0) is 21.6. The van der Waals surface area contributed by atoms with Gasteiger partial charge in [-0.3, -0.25) is 4.79 Å². The molecular formula is C22H23N7O2. The fourth-order valence-electron chi connectivity index (χ4n) is 4.44. The van der Waals surface area contributed by atoms with Crippen LogP contribution in [0.5, 0.6) is 5.88 Å². The fourth-order valence-corrected chi connectivity index (χ4v) is 4.44. The van der Waals surface area contributed by atoms with Gasteiger partial charge in [-0.25, -0.2) is 0 Å². The molecule has 1 aromatic carbocycles. The molecule has 5 rings (SSSR count). The molecule has 0 atom stereocenters. The van der Waals surface area contributed by atoms with E-state index in [9.17, 15) is 4.79 Å². The summed E-state index contributed by atoms with van der Waals surface area (Å²) in [6.07, 6.45) is 5.22. The number of amides is 1. The quantitative estimate of drug-likeness (QED) is 0.457. The van der Waals surface area contributed by atoms with E-state index in [0.29, 0.717) is 17.5 Å². The summed E-state index contributed by atoms with van der Waals surface area (Å²) >= 11 is 0. The maximum absolute atomic E-state index is 11.4. The summed E-state index contributed by atoms with van der Waals surface area (Å²) in [4.78, 5) is 23.9. The van der Waals surface area contributed by atoms with Crippen LogP contribution in [-0.2, 0) is 4.79 Å². The molecule has 0 bridgehead atoms. The van der Waals surface area contributed by atoms with E-state index >= 15 is 0 Å². The van der Waals surface area contributed by atoms with Crippen LogP contribution in [0.25, 0.3) is 33.1 Å². The van der Waals surface area contributed by atoms with E-state index in [4.69, 9.17) is 4.74 Å². The highest BCUT2D eigenvalue weighted by molar-refractivity contribution is 5.99. The number of methoxy groups -OCH3 is 1. The Labute approximate surface area is 178 Å². The third-order valence-corrected chi connectivity index (χ3v) is 5.72. The number of nitrogens with one attached hydrogen (secondary N) is 3. The highest BCUT2D eigenvalue weighted by Crippen LogP contribution is 2.37. The van der Waals surface area contributed by atoms with E-state index < -0.39 is 0 Å². The van der Waals surface area contributed by atoms with Crippen molar-refractivity contribution in [1.29, 1.82) is 0 Å². The molecule has 1 saturated carbocycles. The summed E-state index contributed by atoms with van der Waals surface area (Å²) in [5, 5.41) is 16.3. The van der Waals surface area contributed by atoms with Gasteiger partial charge in [-0.1, -0.05) is 6.07 Å². The Morgan fingerprint density at radius 3 is 2.87 bits per heavy atom. The van der Waals surface area contributed by atoms with Crippen LogP contribution in [0.15, 0.2) is 36.7 Å². The van der Waals surface area contributed by atoms with Crippen molar-refractivity contribution in [2.75, 3.05) is 12.4 Å². The molecule has 0 saturated heterocycles. The molecule has 1 fully saturated rings. The summed E-state index contributed by atoms with van der Waals surface area (Å²) in [5.74, 6) is 0.988. The number of ether oxygens (including phenoxy) is 1. The number of fused-ring (bicyclic) bond motifs is 2. The lowest BCUT2D eigenvalue weighted by atomic mass is 9.74. The number of hydrogen-bond acceptors (Lipinski definition) is 7. The minimum absolute atomic E-state index is 0.0139. The molecule has 9 nitrogen and oxygen atoms in total. The molecule has 1 aliphatic carbocycles. The highest BCUT2D eigenvalue weighted by Gasteiger charge is 2.41. The zero-order valence-electron chi connectivity index (χ0n) is 17.6. The molecule has 0 aliphatic heterocycles. The van der Waals surface area contributed by atoms with E-state index in [-0.39, 0.29) is 17.5 Å². The van der Waals surface area contributed by atoms with Gasteiger partial charge in [0.05, 0.1) is 24.2 Å². The van der Waals surface area contributed by atoms with Crippen molar-refractivity contribution < 1.29 is 9.53 Å². The summed E-state index contributed by atoms with van der Waals surface area (Å²) in [7, 11) is 1.61. The Hall–Kier alpha value is -3.75. The first-order chi connectivity index (χ1) is 14.9. The smallest absolute Gasteiger partial charge is 0.228 e. The van der Waals surface area contributed by atoms with Crippen molar-refractivity contribution in [2.24, 2.45) is 0 Å². The molecule has 158 valence electrons. The third kappa shape index (κ3) is 3.52. The first-order valence-electron chi connectivity index (χ1n) is 10.1. The number of nitrogens with zero attached hydrogens (tertiary/aromatic N) is 4. The Morgan fingerprint density at radius 1 is 1.26 bits per heavy atom. The number of carbonyl (C=O) groups excluding carboxylic acids is 1. The van der Waals surface area contributed by atoms with Crippen molar-refractivity contribution in [2.45, 2.75) is 38.3 Å². The molecule has 1 amide bonds. The average Bonchev–Trinajstić information content (AvgIpc) is 3.15. The molecule has 3 heterocycles. The minimum Gasteiger partial charge on any atom is -0.480 e. The van der Waals surface area contributed by atoms with E-state index in [1.807, 2.05) is 31.3 Å². The topological polar surface area (TPSA) is 118 Å². The molecule has 4 aromatic rings. The number of benzene rings is 1. The molecule has 3 aromatic heterocycles. The second-order valence-electron chi connectivity index (χ2n) is 8.28. The van der Waals surface area contributed by atoms with Crippen molar-refractivity contribution in [3.05, 3.63) is 36.7 Å². The van der Waals surface area contributed by atoms with Crippen molar-refractivity contribution in [3.8, 4) is 17.0 Å². The molecule has 31 heavy (non-hydrogen) atoms. The lowest BCUT2D eigenvalue weighted by Gasteiger charge is -2.45. The maximum Gasteiger partial charge on any atom is 0.228 e. The van der Waals surface area contributed by atoms with Crippen LogP contribution in [-0.4, -0.2) is 49.7 Å². The van der Waals surface area contributed by atoms with Gasteiger partial charge in [0.25, 0.3) is 0 Å². The normalized spacial score (nSPS) is 20.4. The number of aromatic amines is 1. The number of hydrogen-bond donors (Lipinski definition) is 3. The Morgan fingerprint density at radius 2 is 2.10 bits per heavy atom.